The van der Waals surface area contributed by atoms with Gasteiger partial charge in [0.1, 0.15) is 5.69 Å². The number of hydrogen-bond acceptors (Lipinski definition) is 7. The van der Waals surface area contributed by atoms with Crippen molar-refractivity contribution in [3.05, 3.63) is 42.6 Å². The standard InChI is InChI=1S/C14H13N5O3S/c1-23(20,21)19-11-5-2-9(3-6-11)13-17-14(22-18-13)12-7-4-10(15)8-16-12/h2-8,19H,15H2,1H3. The van der Waals surface area contributed by atoms with Crippen LogP contribution in [0.3, 0.4) is 0 Å². The van der Waals surface area contributed by atoms with Crippen LogP contribution in [-0.4, -0.2) is 29.8 Å². The van der Waals surface area contributed by atoms with Gasteiger partial charge in [-0.2, -0.15) is 4.98 Å². The lowest BCUT2D eigenvalue weighted by Gasteiger charge is -2.03. The SMILES string of the molecule is CS(=O)(=O)Nc1ccc(-c2noc(-c3ccc(N)cn3)n2)cc1. The summed E-state index contributed by atoms with van der Waals surface area (Å²) in [5.41, 5.74) is 7.79. The van der Waals surface area contributed by atoms with Gasteiger partial charge in [-0.25, -0.2) is 13.4 Å². The number of pyridine rings is 1. The van der Waals surface area contributed by atoms with Crippen molar-refractivity contribution in [1.82, 2.24) is 15.1 Å². The molecule has 0 aliphatic heterocycles. The highest BCUT2D eigenvalue weighted by atomic mass is 32.2. The van der Waals surface area contributed by atoms with Crippen LogP contribution in [0.2, 0.25) is 0 Å². The summed E-state index contributed by atoms with van der Waals surface area (Å²) in [6.45, 7) is 0. The molecular weight excluding hydrogens is 318 g/mol. The van der Waals surface area contributed by atoms with Crippen LogP contribution in [0.1, 0.15) is 0 Å². The minimum atomic E-state index is -3.31. The fourth-order valence-corrected chi connectivity index (χ4v) is 2.44. The van der Waals surface area contributed by atoms with Gasteiger partial charge in [0.15, 0.2) is 0 Å². The second kappa shape index (κ2) is 5.69. The van der Waals surface area contributed by atoms with E-state index in [2.05, 4.69) is 19.8 Å². The van der Waals surface area contributed by atoms with Crippen LogP contribution in [0.4, 0.5) is 11.4 Å². The van der Waals surface area contributed by atoms with E-state index in [0.29, 0.717) is 28.5 Å². The Morgan fingerprint density at radius 3 is 2.48 bits per heavy atom. The molecule has 0 aliphatic rings. The molecule has 23 heavy (non-hydrogen) atoms. The molecule has 9 heteroatoms. The summed E-state index contributed by atoms with van der Waals surface area (Å²) in [4.78, 5) is 8.38. The zero-order valence-electron chi connectivity index (χ0n) is 12.1. The second-order valence-electron chi connectivity index (χ2n) is 4.85. The Balaban J connectivity index is 1.84. The van der Waals surface area contributed by atoms with Crippen LogP contribution >= 0.6 is 0 Å². The van der Waals surface area contributed by atoms with Crippen molar-refractivity contribution in [2.24, 2.45) is 0 Å². The van der Waals surface area contributed by atoms with Crippen molar-refractivity contribution in [3.63, 3.8) is 0 Å². The van der Waals surface area contributed by atoms with Crippen molar-refractivity contribution in [2.75, 3.05) is 16.7 Å². The molecule has 8 nitrogen and oxygen atoms in total. The Kier molecular flexibility index (Phi) is 3.70. The molecule has 3 N–H and O–H groups in total. The Bertz CT molecular complexity index is 918. The summed E-state index contributed by atoms with van der Waals surface area (Å²) in [5.74, 6) is 0.655. The van der Waals surface area contributed by atoms with E-state index in [9.17, 15) is 8.42 Å². The highest BCUT2D eigenvalue weighted by molar-refractivity contribution is 7.92. The number of anilines is 2. The second-order valence-corrected chi connectivity index (χ2v) is 6.60. The van der Waals surface area contributed by atoms with Crippen molar-refractivity contribution < 1.29 is 12.9 Å². The van der Waals surface area contributed by atoms with Gasteiger partial charge in [0.2, 0.25) is 15.8 Å². The summed E-state index contributed by atoms with van der Waals surface area (Å²) in [6.07, 6.45) is 2.59. The molecule has 0 unspecified atom stereocenters. The molecule has 3 rings (SSSR count). The lowest BCUT2D eigenvalue weighted by Crippen LogP contribution is -2.09. The van der Waals surface area contributed by atoms with Crippen LogP contribution in [-0.2, 0) is 10.0 Å². The van der Waals surface area contributed by atoms with Gasteiger partial charge in [-0.3, -0.25) is 4.72 Å². The third kappa shape index (κ3) is 3.64. The Morgan fingerprint density at radius 2 is 1.87 bits per heavy atom. The monoisotopic (exact) mass is 331 g/mol. The molecule has 0 atom stereocenters. The molecule has 0 amide bonds. The van der Waals surface area contributed by atoms with E-state index < -0.39 is 10.0 Å². The van der Waals surface area contributed by atoms with Gasteiger partial charge in [0.05, 0.1) is 18.1 Å². The Labute approximate surface area is 132 Å². The van der Waals surface area contributed by atoms with E-state index >= 15 is 0 Å². The van der Waals surface area contributed by atoms with Crippen molar-refractivity contribution in [2.45, 2.75) is 0 Å². The Morgan fingerprint density at radius 1 is 1.13 bits per heavy atom. The maximum atomic E-state index is 11.2. The topological polar surface area (TPSA) is 124 Å². The molecule has 1 aromatic carbocycles. The molecule has 3 aromatic rings. The molecule has 2 heterocycles. The molecule has 0 spiro atoms. The summed E-state index contributed by atoms with van der Waals surface area (Å²) in [7, 11) is -3.31. The molecule has 0 aliphatic carbocycles. The number of sulfonamides is 1. The first kappa shape index (κ1) is 15.0. The molecular formula is C14H13N5O3S. The van der Waals surface area contributed by atoms with Gasteiger partial charge in [-0.05, 0) is 36.4 Å². The van der Waals surface area contributed by atoms with Gasteiger partial charge >= 0.3 is 0 Å². The number of benzene rings is 1. The fourth-order valence-electron chi connectivity index (χ4n) is 1.88. The fraction of sp³-hybridized carbons (Fsp3) is 0.0714. The number of nitrogens with two attached hydrogens (primary N) is 1. The van der Waals surface area contributed by atoms with Crippen molar-refractivity contribution in [3.8, 4) is 23.0 Å². The zero-order valence-corrected chi connectivity index (χ0v) is 12.9. The average molecular weight is 331 g/mol. The van der Waals surface area contributed by atoms with E-state index in [1.807, 2.05) is 0 Å². The predicted octanol–water partition coefficient (Wildman–Crippen LogP) is 1.75. The summed E-state index contributed by atoms with van der Waals surface area (Å²) in [5, 5.41) is 3.89. The van der Waals surface area contributed by atoms with Gasteiger partial charge in [-0.15, -0.1) is 0 Å². The van der Waals surface area contributed by atoms with Gasteiger partial charge < -0.3 is 10.3 Å². The van der Waals surface area contributed by atoms with Crippen LogP contribution in [0.15, 0.2) is 47.1 Å². The number of aromatic nitrogens is 3. The molecule has 0 fully saturated rings. The smallest absolute Gasteiger partial charge is 0.276 e. The average Bonchev–Trinajstić information content (AvgIpc) is 2.97. The Hall–Kier alpha value is -2.94. The number of rotatable bonds is 4. The molecule has 2 aromatic heterocycles. The predicted molar refractivity (Wildman–Crippen MR) is 85.8 cm³/mol. The van der Waals surface area contributed by atoms with Gasteiger partial charge in [0.25, 0.3) is 5.89 Å². The number of hydrogen-bond donors (Lipinski definition) is 2. The van der Waals surface area contributed by atoms with E-state index in [4.69, 9.17) is 10.3 Å². The first-order chi connectivity index (χ1) is 10.9. The van der Waals surface area contributed by atoms with Crippen LogP contribution in [0, 0.1) is 0 Å². The number of nitrogens with zero attached hydrogens (tertiary/aromatic N) is 3. The first-order valence-electron chi connectivity index (χ1n) is 6.54. The third-order valence-electron chi connectivity index (χ3n) is 2.88. The lowest BCUT2D eigenvalue weighted by atomic mass is 10.2. The molecule has 0 saturated carbocycles. The maximum Gasteiger partial charge on any atom is 0.276 e. The molecule has 118 valence electrons. The molecule has 0 bridgehead atoms. The number of nitrogen functional groups attached to an aromatic ring is 1. The minimum Gasteiger partial charge on any atom is -0.397 e. The largest absolute Gasteiger partial charge is 0.397 e. The van der Waals surface area contributed by atoms with Crippen molar-refractivity contribution in [1.29, 1.82) is 0 Å². The quantitative estimate of drug-likeness (QED) is 0.746. The normalized spacial score (nSPS) is 11.3. The van der Waals surface area contributed by atoms with E-state index in [0.717, 1.165) is 6.26 Å². The molecule has 0 saturated heterocycles. The highest BCUT2D eigenvalue weighted by Gasteiger charge is 2.12. The van der Waals surface area contributed by atoms with Gasteiger partial charge in [-0.1, -0.05) is 5.16 Å². The summed E-state index contributed by atoms with van der Waals surface area (Å²) < 4.78 is 29.9. The summed E-state index contributed by atoms with van der Waals surface area (Å²) in [6, 6.07) is 10.0. The van der Waals surface area contributed by atoms with Crippen molar-refractivity contribution >= 4 is 21.4 Å². The lowest BCUT2D eigenvalue weighted by molar-refractivity contribution is 0.431. The zero-order chi connectivity index (χ0) is 16.4. The highest BCUT2D eigenvalue weighted by Crippen LogP contribution is 2.22. The van der Waals surface area contributed by atoms with E-state index in [1.165, 1.54) is 6.20 Å². The molecule has 0 radical (unpaired) electrons. The van der Waals surface area contributed by atoms with E-state index in [1.54, 1.807) is 36.4 Å². The van der Waals surface area contributed by atoms with Crippen LogP contribution < -0.4 is 10.5 Å². The minimum absolute atomic E-state index is 0.276. The van der Waals surface area contributed by atoms with Gasteiger partial charge in [0, 0.05) is 11.3 Å². The number of nitrogens with one attached hydrogen (secondary N) is 1. The maximum absolute atomic E-state index is 11.2. The third-order valence-corrected chi connectivity index (χ3v) is 3.48. The van der Waals surface area contributed by atoms with E-state index in [-0.39, 0.29) is 5.89 Å². The van der Waals surface area contributed by atoms with Crippen LogP contribution in [0.25, 0.3) is 23.0 Å². The van der Waals surface area contributed by atoms with Crippen LogP contribution in [0.5, 0.6) is 0 Å². The first-order valence-corrected chi connectivity index (χ1v) is 8.44. The summed E-state index contributed by atoms with van der Waals surface area (Å²) >= 11 is 0.